The predicted molar refractivity (Wildman–Crippen MR) is 141 cm³/mol. The standard InChI is InChI=1S/C29H19N3O4S/c30-17-22-26(19-9-3-1-4-10-19)28(21-11-5-2-6-12-21)36-29(22)31-25(33)18-32-23-15-7-13-20-14-8-16-24(27(20)23)37(32,34)35/h1-16H,18H2,(H,31,33). The molecule has 0 bridgehead atoms. The van der Waals surface area contributed by atoms with Crippen molar-refractivity contribution >= 4 is 38.3 Å². The van der Waals surface area contributed by atoms with E-state index in [4.69, 9.17) is 4.42 Å². The zero-order valence-electron chi connectivity index (χ0n) is 19.4. The number of hydrogen-bond acceptors (Lipinski definition) is 5. The quantitative estimate of drug-likeness (QED) is 0.326. The van der Waals surface area contributed by atoms with E-state index in [1.807, 2.05) is 72.8 Å². The molecule has 0 saturated heterocycles. The highest BCUT2D eigenvalue weighted by atomic mass is 32.2. The van der Waals surface area contributed by atoms with Gasteiger partial charge >= 0.3 is 0 Å². The van der Waals surface area contributed by atoms with Crippen LogP contribution in [0.4, 0.5) is 11.6 Å². The smallest absolute Gasteiger partial charge is 0.265 e. The first-order valence-corrected chi connectivity index (χ1v) is 12.9. The SMILES string of the molecule is N#Cc1c(NC(=O)CN2c3cccc4cccc(c34)S2(=O)=O)oc(-c2ccccc2)c1-c1ccccc1. The first kappa shape index (κ1) is 22.6. The van der Waals surface area contributed by atoms with Crippen LogP contribution in [0.15, 0.2) is 106 Å². The Hall–Kier alpha value is -4.87. The van der Waals surface area contributed by atoms with E-state index in [1.54, 1.807) is 18.2 Å². The van der Waals surface area contributed by atoms with Gasteiger partial charge in [-0.15, -0.1) is 0 Å². The summed E-state index contributed by atoms with van der Waals surface area (Å²) in [6, 6.07) is 31.1. The Balaban J connectivity index is 1.39. The van der Waals surface area contributed by atoms with Crippen LogP contribution in [0.5, 0.6) is 0 Å². The van der Waals surface area contributed by atoms with Crippen molar-refractivity contribution < 1.29 is 17.6 Å². The fourth-order valence-electron chi connectivity index (χ4n) is 4.72. The van der Waals surface area contributed by atoms with Gasteiger partial charge in [0.1, 0.15) is 23.9 Å². The van der Waals surface area contributed by atoms with E-state index in [0.717, 1.165) is 20.8 Å². The minimum atomic E-state index is -3.91. The summed E-state index contributed by atoms with van der Waals surface area (Å²) in [4.78, 5) is 13.4. The molecule has 0 atom stereocenters. The first-order chi connectivity index (χ1) is 18.0. The molecule has 4 aromatic carbocycles. The maximum absolute atomic E-state index is 13.3. The first-order valence-electron chi connectivity index (χ1n) is 11.5. The molecule has 8 heteroatoms. The summed E-state index contributed by atoms with van der Waals surface area (Å²) in [6.07, 6.45) is 0. The summed E-state index contributed by atoms with van der Waals surface area (Å²) in [5, 5.41) is 14.1. The number of anilines is 2. The van der Waals surface area contributed by atoms with Gasteiger partial charge in [-0.3, -0.25) is 14.4 Å². The lowest BCUT2D eigenvalue weighted by molar-refractivity contribution is -0.114. The molecule has 2 heterocycles. The molecule has 1 aromatic heterocycles. The molecular weight excluding hydrogens is 486 g/mol. The van der Waals surface area contributed by atoms with E-state index in [-0.39, 0.29) is 16.3 Å². The van der Waals surface area contributed by atoms with Crippen molar-refractivity contribution in [3.05, 3.63) is 103 Å². The number of nitriles is 1. The lowest BCUT2D eigenvalue weighted by Crippen LogP contribution is -2.35. The number of benzene rings is 4. The largest absolute Gasteiger partial charge is 0.438 e. The van der Waals surface area contributed by atoms with E-state index in [0.29, 0.717) is 22.4 Å². The third-order valence-electron chi connectivity index (χ3n) is 6.34. The van der Waals surface area contributed by atoms with E-state index >= 15 is 0 Å². The molecule has 180 valence electrons. The molecule has 0 radical (unpaired) electrons. The number of hydrogen-bond donors (Lipinski definition) is 1. The molecule has 1 aliphatic heterocycles. The third kappa shape index (κ3) is 3.64. The third-order valence-corrected chi connectivity index (χ3v) is 8.14. The van der Waals surface area contributed by atoms with Gasteiger partial charge in [0.15, 0.2) is 0 Å². The fourth-order valence-corrected chi connectivity index (χ4v) is 6.39. The van der Waals surface area contributed by atoms with Gasteiger partial charge in [-0.25, -0.2) is 8.42 Å². The van der Waals surface area contributed by atoms with Crippen LogP contribution in [0.2, 0.25) is 0 Å². The second kappa shape index (κ2) is 8.66. The molecule has 5 aromatic rings. The summed E-state index contributed by atoms with van der Waals surface area (Å²) < 4.78 is 33.7. The second-order valence-electron chi connectivity index (χ2n) is 8.55. The van der Waals surface area contributed by atoms with Crippen molar-refractivity contribution in [1.82, 2.24) is 0 Å². The molecule has 6 rings (SSSR count). The number of carbonyl (C=O) groups excluding carboxylic acids is 1. The van der Waals surface area contributed by atoms with Crippen molar-refractivity contribution in [2.45, 2.75) is 4.90 Å². The van der Waals surface area contributed by atoms with Gasteiger partial charge < -0.3 is 4.42 Å². The van der Waals surface area contributed by atoms with Gasteiger partial charge in [0.25, 0.3) is 10.0 Å². The molecule has 37 heavy (non-hydrogen) atoms. The number of furan rings is 1. The van der Waals surface area contributed by atoms with Gasteiger partial charge in [-0.2, -0.15) is 5.26 Å². The molecule has 0 saturated carbocycles. The van der Waals surface area contributed by atoms with Gasteiger partial charge in [0.2, 0.25) is 11.8 Å². The van der Waals surface area contributed by atoms with Crippen molar-refractivity contribution in [3.8, 4) is 28.5 Å². The monoisotopic (exact) mass is 505 g/mol. The van der Waals surface area contributed by atoms with Gasteiger partial charge in [-0.1, -0.05) is 84.9 Å². The van der Waals surface area contributed by atoms with E-state index < -0.39 is 22.5 Å². The summed E-state index contributed by atoms with van der Waals surface area (Å²) in [7, 11) is -3.91. The summed E-state index contributed by atoms with van der Waals surface area (Å²) in [5.41, 5.74) is 2.65. The molecular formula is C29H19N3O4S. The number of amides is 1. The minimum Gasteiger partial charge on any atom is -0.438 e. The topological polar surface area (TPSA) is 103 Å². The highest BCUT2D eigenvalue weighted by Gasteiger charge is 2.37. The minimum absolute atomic E-state index is 0.0301. The number of nitrogens with zero attached hydrogens (tertiary/aromatic N) is 2. The molecule has 0 unspecified atom stereocenters. The predicted octanol–water partition coefficient (Wildman–Crippen LogP) is 5.79. The maximum Gasteiger partial charge on any atom is 0.265 e. The molecule has 0 fully saturated rings. The van der Waals surface area contributed by atoms with Gasteiger partial charge in [0.05, 0.1) is 10.6 Å². The summed E-state index contributed by atoms with van der Waals surface area (Å²) >= 11 is 0. The number of nitrogens with one attached hydrogen (secondary N) is 1. The van der Waals surface area contributed by atoms with Crippen molar-refractivity contribution in [3.63, 3.8) is 0 Å². The normalized spacial score (nSPS) is 13.4. The number of carbonyl (C=O) groups is 1. The molecule has 0 spiro atoms. The molecule has 1 amide bonds. The fraction of sp³-hybridized carbons (Fsp3) is 0.0345. The van der Waals surface area contributed by atoms with E-state index in [2.05, 4.69) is 11.4 Å². The Bertz CT molecular complexity index is 1820. The Kier molecular flexibility index (Phi) is 5.29. The lowest BCUT2D eigenvalue weighted by Gasteiger charge is -2.17. The number of sulfonamides is 1. The Morgan fingerprint density at radius 3 is 2.19 bits per heavy atom. The summed E-state index contributed by atoms with van der Waals surface area (Å²) in [5.74, 6) is -0.222. The van der Waals surface area contributed by atoms with Crippen LogP contribution in [0.3, 0.4) is 0 Å². The van der Waals surface area contributed by atoms with E-state index in [1.165, 1.54) is 6.07 Å². The van der Waals surface area contributed by atoms with Gasteiger partial charge in [-0.05, 0) is 23.1 Å². The van der Waals surface area contributed by atoms with Crippen molar-refractivity contribution in [2.24, 2.45) is 0 Å². The Labute approximate surface area is 213 Å². The van der Waals surface area contributed by atoms with Crippen LogP contribution >= 0.6 is 0 Å². The molecule has 1 aliphatic rings. The maximum atomic E-state index is 13.3. The van der Waals surface area contributed by atoms with Crippen LogP contribution < -0.4 is 9.62 Å². The second-order valence-corrected chi connectivity index (χ2v) is 10.4. The number of rotatable bonds is 5. The molecule has 1 N–H and O–H groups in total. The zero-order valence-corrected chi connectivity index (χ0v) is 20.2. The lowest BCUT2D eigenvalue weighted by atomic mass is 9.98. The Morgan fingerprint density at radius 2 is 1.51 bits per heavy atom. The van der Waals surface area contributed by atoms with Crippen molar-refractivity contribution in [2.75, 3.05) is 16.2 Å². The zero-order chi connectivity index (χ0) is 25.6. The van der Waals surface area contributed by atoms with Crippen molar-refractivity contribution in [1.29, 1.82) is 5.26 Å². The van der Waals surface area contributed by atoms with Crippen LogP contribution in [0.1, 0.15) is 5.56 Å². The van der Waals surface area contributed by atoms with Crippen LogP contribution in [-0.2, 0) is 14.8 Å². The van der Waals surface area contributed by atoms with Gasteiger partial charge in [0, 0.05) is 16.5 Å². The average Bonchev–Trinajstić information content (AvgIpc) is 3.39. The Morgan fingerprint density at radius 1 is 0.865 bits per heavy atom. The van der Waals surface area contributed by atoms with Crippen LogP contribution in [0, 0.1) is 11.3 Å². The highest BCUT2D eigenvalue weighted by Crippen LogP contribution is 2.43. The van der Waals surface area contributed by atoms with Crippen LogP contribution in [-0.4, -0.2) is 20.9 Å². The molecule has 0 aliphatic carbocycles. The summed E-state index contributed by atoms with van der Waals surface area (Å²) in [6.45, 7) is -0.469. The van der Waals surface area contributed by atoms with E-state index in [9.17, 15) is 18.5 Å². The van der Waals surface area contributed by atoms with Crippen LogP contribution in [0.25, 0.3) is 33.2 Å². The molecule has 7 nitrogen and oxygen atoms in total. The highest BCUT2D eigenvalue weighted by molar-refractivity contribution is 7.93. The average molecular weight is 506 g/mol.